The molecule has 0 bridgehead atoms. The van der Waals surface area contributed by atoms with E-state index in [0.29, 0.717) is 5.01 Å². The molecule has 0 aliphatic carbocycles. The van der Waals surface area contributed by atoms with Crippen molar-refractivity contribution in [2.75, 3.05) is 0 Å². The summed E-state index contributed by atoms with van der Waals surface area (Å²) in [7, 11) is 0. The highest BCUT2D eigenvalue weighted by Gasteiger charge is 2.28. The SMILES string of the molecule is OCc1nc(CC(F)(F)F)cs1. The molecule has 0 unspecified atom stereocenters. The quantitative estimate of drug-likeness (QED) is 0.783. The molecule has 0 aliphatic rings. The minimum atomic E-state index is -4.22. The predicted octanol–water partition coefficient (Wildman–Crippen LogP) is 1.74. The van der Waals surface area contributed by atoms with E-state index in [1.165, 1.54) is 5.38 Å². The van der Waals surface area contributed by atoms with Gasteiger partial charge in [-0.3, -0.25) is 0 Å². The maximum atomic E-state index is 11.8. The van der Waals surface area contributed by atoms with Gasteiger partial charge >= 0.3 is 6.18 Å². The van der Waals surface area contributed by atoms with Crippen molar-refractivity contribution in [1.29, 1.82) is 0 Å². The molecule has 0 saturated heterocycles. The maximum Gasteiger partial charge on any atom is 0.394 e. The van der Waals surface area contributed by atoms with E-state index >= 15 is 0 Å². The minimum Gasteiger partial charge on any atom is -0.389 e. The monoisotopic (exact) mass is 197 g/mol. The van der Waals surface area contributed by atoms with Crippen molar-refractivity contribution in [2.24, 2.45) is 0 Å². The topological polar surface area (TPSA) is 33.1 Å². The van der Waals surface area contributed by atoms with E-state index in [-0.39, 0.29) is 12.3 Å². The average Bonchev–Trinajstić information content (AvgIpc) is 2.32. The predicted molar refractivity (Wildman–Crippen MR) is 37.8 cm³/mol. The van der Waals surface area contributed by atoms with Gasteiger partial charge in [-0.2, -0.15) is 13.2 Å². The van der Waals surface area contributed by atoms with E-state index in [9.17, 15) is 13.2 Å². The number of aliphatic hydroxyl groups excluding tert-OH is 1. The highest BCUT2D eigenvalue weighted by molar-refractivity contribution is 7.09. The number of hydrogen-bond acceptors (Lipinski definition) is 3. The van der Waals surface area contributed by atoms with Gasteiger partial charge in [0, 0.05) is 5.38 Å². The van der Waals surface area contributed by atoms with Crippen LogP contribution < -0.4 is 0 Å². The maximum absolute atomic E-state index is 11.8. The Morgan fingerprint density at radius 3 is 2.58 bits per heavy atom. The molecule has 1 aromatic heterocycles. The Morgan fingerprint density at radius 1 is 1.50 bits per heavy atom. The Bertz CT molecular complexity index is 258. The lowest BCUT2D eigenvalue weighted by molar-refractivity contribution is -0.127. The van der Waals surface area contributed by atoms with Crippen LogP contribution in [0.5, 0.6) is 0 Å². The van der Waals surface area contributed by atoms with E-state index in [1.807, 2.05) is 0 Å². The third kappa shape index (κ3) is 2.78. The first-order chi connectivity index (χ1) is 5.51. The molecular formula is C6H6F3NOS. The molecule has 0 aliphatic heterocycles. The zero-order valence-corrected chi connectivity index (χ0v) is 6.74. The molecule has 2 nitrogen and oxygen atoms in total. The van der Waals surface area contributed by atoms with Crippen LogP contribution in [0.25, 0.3) is 0 Å². The molecule has 0 aromatic carbocycles. The van der Waals surface area contributed by atoms with E-state index in [4.69, 9.17) is 5.11 Å². The molecule has 1 rings (SSSR count). The largest absolute Gasteiger partial charge is 0.394 e. The summed E-state index contributed by atoms with van der Waals surface area (Å²) in [6, 6.07) is 0. The van der Waals surface area contributed by atoms with Gasteiger partial charge in [-0.15, -0.1) is 11.3 Å². The average molecular weight is 197 g/mol. The summed E-state index contributed by atoms with van der Waals surface area (Å²) in [6.45, 7) is -0.303. The molecule has 0 radical (unpaired) electrons. The molecule has 12 heavy (non-hydrogen) atoms. The summed E-state index contributed by atoms with van der Waals surface area (Å²) in [5, 5.41) is 10.1. The Balaban J connectivity index is 2.64. The second-order valence-corrected chi connectivity index (χ2v) is 3.13. The van der Waals surface area contributed by atoms with Crippen LogP contribution >= 0.6 is 11.3 Å². The van der Waals surface area contributed by atoms with Gasteiger partial charge in [0.15, 0.2) is 0 Å². The first-order valence-corrected chi connectivity index (χ1v) is 4.00. The van der Waals surface area contributed by atoms with Crippen molar-refractivity contribution in [3.8, 4) is 0 Å². The number of aromatic nitrogens is 1. The number of nitrogens with zero attached hydrogens (tertiary/aromatic N) is 1. The van der Waals surface area contributed by atoms with Crippen LogP contribution in [0, 0.1) is 0 Å². The number of alkyl halides is 3. The molecule has 0 atom stereocenters. The number of hydrogen-bond donors (Lipinski definition) is 1. The summed E-state index contributed by atoms with van der Waals surface area (Å²) in [5.74, 6) is 0. The highest BCUT2D eigenvalue weighted by Crippen LogP contribution is 2.22. The molecule has 1 aromatic rings. The molecule has 6 heteroatoms. The number of halogens is 3. The standard InChI is InChI=1S/C6H6F3NOS/c7-6(8,9)1-4-3-12-5(2-11)10-4/h3,11H,1-2H2. The smallest absolute Gasteiger partial charge is 0.389 e. The van der Waals surface area contributed by atoms with Crippen LogP contribution in [0.15, 0.2) is 5.38 Å². The van der Waals surface area contributed by atoms with E-state index in [1.54, 1.807) is 0 Å². The molecule has 68 valence electrons. The Hall–Kier alpha value is -0.620. The Morgan fingerprint density at radius 2 is 2.17 bits per heavy atom. The van der Waals surface area contributed by atoms with Gasteiger partial charge in [0.2, 0.25) is 0 Å². The lowest BCUT2D eigenvalue weighted by Gasteiger charge is -2.01. The zero-order chi connectivity index (χ0) is 9.19. The van der Waals surface area contributed by atoms with Gasteiger partial charge in [-0.05, 0) is 0 Å². The molecule has 1 heterocycles. The number of rotatable bonds is 2. The van der Waals surface area contributed by atoms with E-state index in [2.05, 4.69) is 4.98 Å². The van der Waals surface area contributed by atoms with Crippen LogP contribution in [0.4, 0.5) is 13.2 Å². The fourth-order valence-corrected chi connectivity index (χ4v) is 1.36. The number of aliphatic hydroxyl groups is 1. The summed E-state index contributed by atoms with van der Waals surface area (Å²) >= 11 is 1.03. The minimum absolute atomic E-state index is 0.0310. The molecule has 0 spiro atoms. The molecule has 1 N–H and O–H groups in total. The lowest BCUT2D eigenvalue weighted by atomic mass is 10.3. The Kier molecular flexibility index (Phi) is 2.69. The fraction of sp³-hybridized carbons (Fsp3) is 0.500. The van der Waals surface area contributed by atoms with Crippen molar-refractivity contribution in [3.63, 3.8) is 0 Å². The first kappa shape index (κ1) is 9.47. The highest BCUT2D eigenvalue weighted by atomic mass is 32.1. The van der Waals surface area contributed by atoms with Crippen molar-refractivity contribution in [3.05, 3.63) is 16.1 Å². The van der Waals surface area contributed by atoms with Gasteiger partial charge in [0.25, 0.3) is 0 Å². The van der Waals surface area contributed by atoms with Gasteiger partial charge in [-0.1, -0.05) is 0 Å². The van der Waals surface area contributed by atoms with Gasteiger partial charge in [-0.25, -0.2) is 4.98 Å². The fourth-order valence-electron chi connectivity index (χ4n) is 0.708. The van der Waals surface area contributed by atoms with Crippen molar-refractivity contribution in [1.82, 2.24) is 4.98 Å². The third-order valence-corrected chi connectivity index (χ3v) is 2.00. The van der Waals surface area contributed by atoms with Crippen LogP contribution in [-0.4, -0.2) is 16.3 Å². The van der Waals surface area contributed by atoms with Gasteiger partial charge in [0.1, 0.15) is 5.01 Å². The lowest BCUT2D eigenvalue weighted by Crippen LogP contribution is -2.11. The third-order valence-electron chi connectivity index (χ3n) is 1.12. The van der Waals surface area contributed by atoms with E-state index in [0.717, 1.165) is 11.3 Å². The number of thiazole rings is 1. The zero-order valence-electron chi connectivity index (χ0n) is 5.93. The van der Waals surface area contributed by atoms with Crippen LogP contribution in [-0.2, 0) is 13.0 Å². The van der Waals surface area contributed by atoms with Crippen molar-refractivity contribution >= 4 is 11.3 Å². The normalized spacial score (nSPS) is 12.0. The van der Waals surface area contributed by atoms with E-state index < -0.39 is 12.6 Å². The molecular weight excluding hydrogens is 191 g/mol. The van der Waals surface area contributed by atoms with Crippen LogP contribution in [0.2, 0.25) is 0 Å². The summed E-state index contributed by atoms with van der Waals surface area (Å²) in [6.07, 6.45) is -5.25. The van der Waals surface area contributed by atoms with Crippen LogP contribution in [0.1, 0.15) is 10.7 Å². The molecule has 0 fully saturated rings. The molecule has 0 saturated carbocycles. The van der Waals surface area contributed by atoms with Crippen molar-refractivity contribution < 1.29 is 18.3 Å². The van der Waals surface area contributed by atoms with Crippen LogP contribution in [0.3, 0.4) is 0 Å². The second kappa shape index (κ2) is 3.40. The Labute approximate surface area is 70.7 Å². The summed E-state index contributed by atoms with van der Waals surface area (Å²) in [5.41, 5.74) is -0.0310. The van der Waals surface area contributed by atoms with Crippen molar-refractivity contribution in [2.45, 2.75) is 19.2 Å². The molecule has 0 amide bonds. The second-order valence-electron chi connectivity index (χ2n) is 2.18. The summed E-state index contributed by atoms with van der Waals surface area (Å²) < 4.78 is 35.3. The first-order valence-electron chi connectivity index (χ1n) is 3.12. The van der Waals surface area contributed by atoms with Gasteiger partial charge < -0.3 is 5.11 Å². The van der Waals surface area contributed by atoms with Gasteiger partial charge in [0.05, 0.1) is 18.7 Å². The summed E-state index contributed by atoms with van der Waals surface area (Å²) in [4.78, 5) is 3.56.